The first-order valence-electron chi connectivity index (χ1n) is 5.38. The Kier molecular flexibility index (Phi) is 5.83. The number of carbonyl (C=O) groups excluding carboxylic acids is 1. The molecule has 1 unspecified atom stereocenters. The lowest BCUT2D eigenvalue weighted by atomic mass is 10.0. The zero-order chi connectivity index (χ0) is 12.1. The van der Waals surface area contributed by atoms with Crippen molar-refractivity contribution in [2.45, 2.75) is 39.3 Å². The van der Waals surface area contributed by atoms with E-state index in [4.69, 9.17) is 4.74 Å². The third kappa shape index (κ3) is 4.18. The highest BCUT2D eigenvalue weighted by atomic mass is 16.5. The Balaban J connectivity index is 4.42. The fourth-order valence-corrected chi connectivity index (χ4v) is 1.51. The standard InChI is InChI=1S/C11H24N2O2/c1-7-12-11(3,4)10(14)13(5)9(2)8-15-6/h9,12H,7-8H2,1-6H3. The van der Waals surface area contributed by atoms with Crippen LogP contribution in [-0.2, 0) is 9.53 Å². The monoisotopic (exact) mass is 216 g/mol. The molecule has 1 N–H and O–H groups in total. The Bertz CT molecular complexity index is 205. The molecule has 0 saturated heterocycles. The summed E-state index contributed by atoms with van der Waals surface area (Å²) in [6.45, 7) is 9.11. The second-order valence-electron chi connectivity index (χ2n) is 4.38. The average molecular weight is 216 g/mol. The van der Waals surface area contributed by atoms with Crippen molar-refractivity contribution in [3.63, 3.8) is 0 Å². The van der Waals surface area contributed by atoms with Crippen LogP contribution in [0.1, 0.15) is 27.7 Å². The van der Waals surface area contributed by atoms with Crippen molar-refractivity contribution in [1.82, 2.24) is 10.2 Å². The minimum absolute atomic E-state index is 0.0916. The van der Waals surface area contributed by atoms with E-state index in [2.05, 4.69) is 5.32 Å². The largest absolute Gasteiger partial charge is 0.383 e. The van der Waals surface area contributed by atoms with Crippen LogP contribution >= 0.6 is 0 Å². The van der Waals surface area contributed by atoms with Gasteiger partial charge >= 0.3 is 0 Å². The van der Waals surface area contributed by atoms with Gasteiger partial charge in [0.2, 0.25) is 5.91 Å². The lowest BCUT2D eigenvalue weighted by Gasteiger charge is -2.33. The van der Waals surface area contributed by atoms with Gasteiger partial charge in [0, 0.05) is 14.2 Å². The van der Waals surface area contributed by atoms with E-state index < -0.39 is 5.54 Å². The molecule has 0 spiro atoms. The Morgan fingerprint density at radius 2 is 2.07 bits per heavy atom. The van der Waals surface area contributed by atoms with E-state index in [0.717, 1.165) is 6.54 Å². The van der Waals surface area contributed by atoms with Gasteiger partial charge in [-0.25, -0.2) is 0 Å². The Morgan fingerprint density at radius 1 is 1.53 bits per heavy atom. The maximum atomic E-state index is 12.1. The Labute approximate surface area is 93.0 Å². The molecule has 4 nitrogen and oxygen atoms in total. The number of ether oxygens (including phenoxy) is 1. The summed E-state index contributed by atoms with van der Waals surface area (Å²) >= 11 is 0. The smallest absolute Gasteiger partial charge is 0.242 e. The normalized spacial score (nSPS) is 13.7. The number of hydrogen-bond acceptors (Lipinski definition) is 3. The summed E-state index contributed by atoms with van der Waals surface area (Å²) in [6, 6.07) is 0.0976. The number of carbonyl (C=O) groups is 1. The predicted molar refractivity (Wildman–Crippen MR) is 61.9 cm³/mol. The minimum atomic E-state index is -0.508. The van der Waals surface area contributed by atoms with Crippen LogP contribution in [0.4, 0.5) is 0 Å². The summed E-state index contributed by atoms with van der Waals surface area (Å²) in [4.78, 5) is 13.8. The maximum absolute atomic E-state index is 12.1. The van der Waals surface area contributed by atoms with Gasteiger partial charge in [0.1, 0.15) is 0 Å². The lowest BCUT2D eigenvalue weighted by Crippen LogP contribution is -2.55. The van der Waals surface area contributed by atoms with E-state index in [9.17, 15) is 4.79 Å². The molecule has 0 aliphatic rings. The van der Waals surface area contributed by atoms with Gasteiger partial charge < -0.3 is 15.0 Å². The van der Waals surface area contributed by atoms with Gasteiger partial charge in [-0.2, -0.15) is 0 Å². The average Bonchev–Trinajstić information content (AvgIpc) is 2.15. The summed E-state index contributed by atoms with van der Waals surface area (Å²) in [7, 11) is 3.45. The van der Waals surface area contributed by atoms with Crippen LogP contribution in [0.25, 0.3) is 0 Å². The summed E-state index contributed by atoms with van der Waals surface area (Å²) in [5.74, 6) is 0.0916. The summed E-state index contributed by atoms with van der Waals surface area (Å²) in [6.07, 6.45) is 0. The van der Waals surface area contributed by atoms with Crippen molar-refractivity contribution in [3.8, 4) is 0 Å². The molecule has 90 valence electrons. The van der Waals surface area contributed by atoms with Gasteiger partial charge in [-0.15, -0.1) is 0 Å². The molecule has 1 amide bonds. The van der Waals surface area contributed by atoms with Crippen LogP contribution in [0.3, 0.4) is 0 Å². The van der Waals surface area contributed by atoms with Gasteiger partial charge in [0.15, 0.2) is 0 Å². The molecule has 0 aromatic rings. The van der Waals surface area contributed by atoms with Crippen molar-refractivity contribution in [3.05, 3.63) is 0 Å². The number of methoxy groups -OCH3 is 1. The third-order valence-electron chi connectivity index (χ3n) is 2.54. The zero-order valence-electron chi connectivity index (χ0n) is 10.8. The topological polar surface area (TPSA) is 41.6 Å². The lowest BCUT2D eigenvalue weighted by molar-refractivity contribution is -0.138. The quantitative estimate of drug-likeness (QED) is 0.716. The van der Waals surface area contributed by atoms with Crippen molar-refractivity contribution >= 4 is 5.91 Å². The van der Waals surface area contributed by atoms with Crippen molar-refractivity contribution in [2.75, 3.05) is 27.3 Å². The molecule has 0 aromatic heterocycles. The first-order chi connectivity index (χ1) is 6.86. The van der Waals surface area contributed by atoms with Crippen molar-refractivity contribution < 1.29 is 9.53 Å². The summed E-state index contributed by atoms with van der Waals surface area (Å²) < 4.78 is 5.03. The van der Waals surface area contributed by atoms with E-state index in [1.54, 1.807) is 12.0 Å². The predicted octanol–water partition coefficient (Wildman–Crippen LogP) is 0.868. The molecule has 1 atom stereocenters. The molecule has 0 radical (unpaired) electrons. The number of rotatable bonds is 6. The van der Waals surface area contributed by atoms with Crippen molar-refractivity contribution in [2.24, 2.45) is 0 Å². The molecular weight excluding hydrogens is 192 g/mol. The van der Waals surface area contributed by atoms with Gasteiger partial charge in [-0.3, -0.25) is 4.79 Å². The molecule has 0 heterocycles. The molecular formula is C11H24N2O2. The number of nitrogens with one attached hydrogen (secondary N) is 1. The molecule has 0 aromatic carbocycles. The fourth-order valence-electron chi connectivity index (χ4n) is 1.51. The zero-order valence-corrected chi connectivity index (χ0v) is 10.8. The summed E-state index contributed by atoms with van der Waals surface area (Å²) in [5.41, 5.74) is -0.508. The van der Waals surface area contributed by atoms with Gasteiger partial charge in [-0.05, 0) is 27.3 Å². The molecule has 0 aliphatic heterocycles. The molecule has 0 saturated carbocycles. The molecule has 0 rings (SSSR count). The van der Waals surface area contributed by atoms with Crippen molar-refractivity contribution in [1.29, 1.82) is 0 Å². The highest BCUT2D eigenvalue weighted by molar-refractivity contribution is 5.85. The van der Waals surface area contributed by atoms with Crippen LogP contribution in [0, 0.1) is 0 Å². The second-order valence-corrected chi connectivity index (χ2v) is 4.38. The Hall–Kier alpha value is -0.610. The first-order valence-corrected chi connectivity index (χ1v) is 5.38. The highest BCUT2D eigenvalue weighted by Crippen LogP contribution is 2.09. The fraction of sp³-hybridized carbons (Fsp3) is 0.909. The van der Waals surface area contributed by atoms with Gasteiger partial charge in [-0.1, -0.05) is 6.92 Å². The minimum Gasteiger partial charge on any atom is -0.383 e. The van der Waals surface area contributed by atoms with E-state index in [1.807, 2.05) is 34.7 Å². The number of hydrogen-bond donors (Lipinski definition) is 1. The SMILES string of the molecule is CCNC(C)(C)C(=O)N(C)C(C)COC. The number of nitrogens with zero attached hydrogens (tertiary/aromatic N) is 1. The number of amides is 1. The molecule has 0 bridgehead atoms. The molecule has 15 heavy (non-hydrogen) atoms. The number of likely N-dealkylation sites (N-methyl/N-ethyl adjacent to an activating group) is 2. The first kappa shape index (κ1) is 14.4. The van der Waals surface area contributed by atoms with Crippen LogP contribution < -0.4 is 5.32 Å². The van der Waals surface area contributed by atoms with E-state index in [0.29, 0.717) is 6.61 Å². The van der Waals surface area contributed by atoms with Crippen LogP contribution in [0.5, 0.6) is 0 Å². The maximum Gasteiger partial charge on any atom is 0.242 e. The molecule has 0 fully saturated rings. The second kappa shape index (κ2) is 6.08. The summed E-state index contributed by atoms with van der Waals surface area (Å²) in [5, 5.41) is 3.17. The molecule has 4 heteroatoms. The van der Waals surface area contributed by atoms with E-state index >= 15 is 0 Å². The Morgan fingerprint density at radius 3 is 2.47 bits per heavy atom. The van der Waals surface area contributed by atoms with E-state index in [-0.39, 0.29) is 11.9 Å². The third-order valence-corrected chi connectivity index (χ3v) is 2.54. The van der Waals surface area contributed by atoms with Crippen LogP contribution in [0.2, 0.25) is 0 Å². The molecule has 0 aliphatic carbocycles. The van der Waals surface area contributed by atoms with Crippen LogP contribution in [-0.4, -0.2) is 49.7 Å². The van der Waals surface area contributed by atoms with Gasteiger partial charge in [0.25, 0.3) is 0 Å². The van der Waals surface area contributed by atoms with E-state index in [1.165, 1.54) is 0 Å². The van der Waals surface area contributed by atoms with Gasteiger partial charge in [0.05, 0.1) is 18.2 Å². The van der Waals surface area contributed by atoms with Crippen LogP contribution in [0.15, 0.2) is 0 Å². The highest BCUT2D eigenvalue weighted by Gasteiger charge is 2.31.